The number of hydrogen-bond acceptors (Lipinski definition) is 0. The molecular weight excluding hydrogens is 444 g/mol. The van der Waals surface area contributed by atoms with Gasteiger partial charge in [-0.25, -0.2) is 52.7 Å². The van der Waals surface area contributed by atoms with Gasteiger partial charge < -0.3 is 0 Å². The lowest BCUT2D eigenvalue weighted by atomic mass is 9.91. The third-order valence-electron chi connectivity index (χ3n) is 4.02. The summed E-state index contributed by atoms with van der Waals surface area (Å²) in [5.74, 6) is -30.8. The van der Waals surface area contributed by atoms with Gasteiger partial charge in [0, 0.05) is 11.1 Å². The normalized spacial score (nSPS) is 11.3. The summed E-state index contributed by atoms with van der Waals surface area (Å²) in [5.41, 5.74) is -8.26. The largest absolute Gasteiger partial charge is 0.206 e. The van der Waals surface area contributed by atoms with Gasteiger partial charge in [-0.15, -0.1) is 0 Å². The highest BCUT2D eigenvalue weighted by Gasteiger charge is 2.35. The van der Waals surface area contributed by atoms with Gasteiger partial charge in [0.25, 0.3) is 0 Å². The van der Waals surface area contributed by atoms with Gasteiger partial charge in [0.05, 0.1) is 11.1 Å². The first-order valence-corrected chi connectivity index (χ1v) is 7.43. The van der Waals surface area contributed by atoms with E-state index in [-0.39, 0.29) is 12.1 Å². The minimum absolute atomic E-state index is 0.0816. The summed E-state index contributed by atoms with van der Waals surface area (Å²) in [7, 11) is 0. The first kappa shape index (κ1) is 21.5. The van der Waals surface area contributed by atoms with Crippen LogP contribution in [0, 0.1) is 69.8 Å². The molecule has 0 aliphatic rings. The van der Waals surface area contributed by atoms with Crippen molar-refractivity contribution in [2.24, 2.45) is 0 Å². The molecule has 0 unspecified atom stereocenters. The maximum absolute atomic E-state index is 14.3. The Kier molecular flexibility index (Phi) is 5.21. The zero-order chi connectivity index (χ0) is 22.7. The van der Waals surface area contributed by atoms with E-state index < -0.39 is 92.1 Å². The molecule has 3 aromatic carbocycles. The molecule has 0 heterocycles. The molecule has 0 aliphatic heterocycles. The zero-order valence-corrected chi connectivity index (χ0v) is 13.7. The highest BCUT2D eigenvalue weighted by Crippen LogP contribution is 2.43. The van der Waals surface area contributed by atoms with Gasteiger partial charge in [0.15, 0.2) is 46.5 Å². The van der Waals surface area contributed by atoms with E-state index in [4.69, 9.17) is 0 Å². The lowest BCUT2D eigenvalue weighted by Gasteiger charge is -2.16. The van der Waals surface area contributed by atoms with Crippen molar-refractivity contribution in [2.75, 3.05) is 0 Å². The monoisotopic (exact) mass is 446 g/mol. The van der Waals surface area contributed by atoms with Crippen molar-refractivity contribution in [2.45, 2.75) is 0 Å². The van der Waals surface area contributed by atoms with Crippen LogP contribution in [0.25, 0.3) is 22.3 Å². The Morgan fingerprint density at radius 3 is 0.700 bits per heavy atom. The van der Waals surface area contributed by atoms with E-state index in [1.807, 2.05) is 0 Å². The molecule has 0 radical (unpaired) electrons. The highest BCUT2D eigenvalue weighted by molar-refractivity contribution is 5.85. The van der Waals surface area contributed by atoms with Crippen LogP contribution in [0.15, 0.2) is 12.1 Å². The molecule has 30 heavy (non-hydrogen) atoms. The van der Waals surface area contributed by atoms with E-state index in [0.717, 1.165) is 0 Å². The second-order valence-electron chi connectivity index (χ2n) is 5.67. The van der Waals surface area contributed by atoms with E-state index in [9.17, 15) is 52.7 Å². The molecule has 0 saturated heterocycles. The number of rotatable bonds is 2. The van der Waals surface area contributed by atoms with Gasteiger partial charge in [-0.2, -0.15) is 0 Å². The van der Waals surface area contributed by atoms with Crippen molar-refractivity contribution in [3.8, 4) is 22.3 Å². The molecule has 0 N–H and O–H groups in total. The molecule has 0 aliphatic carbocycles. The molecule has 0 aromatic heterocycles. The quantitative estimate of drug-likeness (QED) is 0.234. The molecule has 3 rings (SSSR count). The zero-order valence-electron chi connectivity index (χ0n) is 13.7. The number of hydrogen-bond donors (Lipinski definition) is 0. The molecule has 0 spiro atoms. The lowest BCUT2D eigenvalue weighted by Crippen LogP contribution is -2.09. The first-order valence-electron chi connectivity index (χ1n) is 7.43. The molecule has 158 valence electrons. The summed E-state index contributed by atoms with van der Waals surface area (Å²) >= 11 is 0. The molecule has 0 bridgehead atoms. The molecular formula is C18H2F12. The van der Waals surface area contributed by atoms with Crippen LogP contribution < -0.4 is 0 Å². The Hall–Kier alpha value is -3.18. The summed E-state index contributed by atoms with van der Waals surface area (Å²) in [6, 6.07) is 0.163. The van der Waals surface area contributed by atoms with Crippen molar-refractivity contribution in [1.29, 1.82) is 0 Å². The maximum atomic E-state index is 14.3. The van der Waals surface area contributed by atoms with Crippen molar-refractivity contribution in [3.05, 3.63) is 81.9 Å². The Balaban J connectivity index is 2.59. The summed E-state index contributed by atoms with van der Waals surface area (Å²) in [6.45, 7) is 0. The summed E-state index contributed by atoms with van der Waals surface area (Å²) < 4.78 is 166. The summed E-state index contributed by atoms with van der Waals surface area (Å²) in [6.07, 6.45) is 0. The summed E-state index contributed by atoms with van der Waals surface area (Å²) in [5, 5.41) is 0. The van der Waals surface area contributed by atoms with Crippen LogP contribution in [0.4, 0.5) is 52.7 Å². The smallest absolute Gasteiger partial charge is 0.200 e. The van der Waals surface area contributed by atoms with E-state index in [0.29, 0.717) is 0 Å². The Morgan fingerprint density at radius 1 is 0.267 bits per heavy atom. The third-order valence-corrected chi connectivity index (χ3v) is 4.02. The first-order chi connectivity index (χ1) is 13.9. The van der Waals surface area contributed by atoms with Gasteiger partial charge in [-0.1, -0.05) is 0 Å². The molecule has 0 atom stereocenters. The Bertz CT molecular complexity index is 1060. The fourth-order valence-corrected chi connectivity index (χ4v) is 2.69. The summed E-state index contributed by atoms with van der Waals surface area (Å²) in [4.78, 5) is 0. The number of benzene rings is 3. The third kappa shape index (κ3) is 2.89. The van der Waals surface area contributed by atoms with Gasteiger partial charge in [-0.05, 0) is 12.1 Å². The molecule has 12 heteroatoms. The van der Waals surface area contributed by atoms with Gasteiger partial charge in [0.1, 0.15) is 11.6 Å². The van der Waals surface area contributed by atoms with Gasteiger partial charge in [0.2, 0.25) is 11.6 Å². The van der Waals surface area contributed by atoms with Crippen LogP contribution in [0.3, 0.4) is 0 Å². The average molecular weight is 446 g/mol. The van der Waals surface area contributed by atoms with Crippen LogP contribution in [0.2, 0.25) is 0 Å². The van der Waals surface area contributed by atoms with Crippen molar-refractivity contribution in [3.63, 3.8) is 0 Å². The second-order valence-corrected chi connectivity index (χ2v) is 5.67. The van der Waals surface area contributed by atoms with E-state index in [1.165, 1.54) is 0 Å². The highest BCUT2D eigenvalue weighted by atomic mass is 19.2. The number of halogens is 12. The van der Waals surface area contributed by atoms with Gasteiger partial charge >= 0.3 is 0 Å². The van der Waals surface area contributed by atoms with Crippen LogP contribution in [-0.4, -0.2) is 0 Å². The van der Waals surface area contributed by atoms with Gasteiger partial charge in [-0.3, -0.25) is 0 Å². The van der Waals surface area contributed by atoms with E-state index in [1.54, 1.807) is 0 Å². The Labute approximate surface area is 158 Å². The van der Waals surface area contributed by atoms with Crippen LogP contribution in [0.5, 0.6) is 0 Å². The molecule has 0 amide bonds. The second kappa shape index (κ2) is 7.26. The predicted molar refractivity (Wildman–Crippen MR) is 76.8 cm³/mol. The van der Waals surface area contributed by atoms with Crippen LogP contribution >= 0.6 is 0 Å². The topological polar surface area (TPSA) is 0 Å². The Morgan fingerprint density at radius 2 is 0.467 bits per heavy atom. The minimum atomic E-state index is -2.71. The van der Waals surface area contributed by atoms with Crippen molar-refractivity contribution >= 4 is 0 Å². The lowest BCUT2D eigenvalue weighted by molar-refractivity contribution is 0.379. The molecule has 0 saturated carbocycles. The van der Waals surface area contributed by atoms with Crippen LogP contribution in [-0.2, 0) is 0 Å². The van der Waals surface area contributed by atoms with E-state index >= 15 is 0 Å². The maximum Gasteiger partial charge on any atom is 0.200 e. The molecule has 0 fully saturated rings. The molecule has 3 aromatic rings. The van der Waals surface area contributed by atoms with Crippen LogP contribution in [0.1, 0.15) is 0 Å². The molecule has 0 nitrogen and oxygen atoms in total. The fraction of sp³-hybridized carbons (Fsp3) is 0. The standard InChI is InChI=1S/C18H2F12/c19-3-1-2-4(20)6(8-11(23)15(27)18(30)16(28)12(8)24)5(3)7-9(21)13(25)17(29)14(26)10(7)22/h1-2H. The fourth-order valence-electron chi connectivity index (χ4n) is 2.69. The van der Waals surface area contributed by atoms with Crippen molar-refractivity contribution in [1.82, 2.24) is 0 Å². The SMILES string of the molecule is Fc1ccc(F)c(-c2c(F)c(F)c(F)c(F)c2F)c1-c1c(F)c(F)c(F)c(F)c1F. The minimum Gasteiger partial charge on any atom is -0.206 e. The predicted octanol–water partition coefficient (Wildman–Crippen LogP) is 6.69. The van der Waals surface area contributed by atoms with Crippen molar-refractivity contribution < 1.29 is 52.7 Å². The van der Waals surface area contributed by atoms with E-state index in [2.05, 4.69) is 0 Å². The average Bonchev–Trinajstić information content (AvgIpc) is 2.72.